The number of likely N-dealkylation sites (N-methyl/N-ethyl adjacent to an activating group) is 1. The molecule has 1 aliphatic heterocycles. The van der Waals surface area contributed by atoms with Crippen LogP contribution in [0.5, 0.6) is 5.75 Å². The largest absolute Gasteiger partial charge is 0.497 e. The summed E-state index contributed by atoms with van der Waals surface area (Å²) in [6.07, 6.45) is 2.32. The highest BCUT2D eigenvalue weighted by molar-refractivity contribution is 5.80. The lowest BCUT2D eigenvalue weighted by Gasteiger charge is -2.35. The Kier molecular flexibility index (Phi) is 8.38. The normalized spacial score (nSPS) is 18.0. The van der Waals surface area contributed by atoms with Gasteiger partial charge >= 0.3 is 0 Å². The molecule has 2 rings (SSSR count). The van der Waals surface area contributed by atoms with Crippen molar-refractivity contribution in [2.75, 3.05) is 47.9 Å². The van der Waals surface area contributed by atoms with E-state index in [1.54, 1.807) is 7.11 Å². The number of rotatable bonds is 7. The first-order valence-electron chi connectivity index (χ1n) is 9.96. The summed E-state index contributed by atoms with van der Waals surface area (Å²) in [5, 5.41) is 7.11. The van der Waals surface area contributed by atoms with Crippen LogP contribution < -0.4 is 15.4 Å². The van der Waals surface area contributed by atoms with Gasteiger partial charge in [0.25, 0.3) is 0 Å². The summed E-state index contributed by atoms with van der Waals surface area (Å²) in [4.78, 5) is 9.20. The predicted molar refractivity (Wildman–Crippen MR) is 114 cm³/mol. The summed E-state index contributed by atoms with van der Waals surface area (Å²) in [5.41, 5.74) is 1.26. The van der Waals surface area contributed by atoms with Gasteiger partial charge in [-0.1, -0.05) is 12.1 Å². The van der Waals surface area contributed by atoms with E-state index in [0.717, 1.165) is 44.2 Å². The third-order valence-corrected chi connectivity index (χ3v) is 5.41. The predicted octanol–water partition coefficient (Wildman–Crippen LogP) is 2.34. The molecule has 0 radical (unpaired) electrons. The minimum absolute atomic E-state index is 0.261. The molecule has 0 saturated carbocycles. The van der Waals surface area contributed by atoms with Crippen molar-refractivity contribution in [3.05, 3.63) is 29.8 Å². The molecule has 152 valence electrons. The molecule has 2 N–H and O–H groups in total. The second kappa shape index (κ2) is 10.5. The first kappa shape index (κ1) is 21.5. The third-order valence-electron chi connectivity index (χ3n) is 5.41. The molecule has 1 heterocycles. The average Bonchev–Trinajstić information content (AvgIpc) is 2.67. The standard InChI is InChI=1S/C21H37N5O/c1-16(2)26-13-11-18(12-14-26)24-21(22-3)23-15-20(25(4)5)17-7-9-19(27-6)10-8-17/h7-10,16,18,20H,11-15H2,1-6H3,(H2,22,23,24). The molecule has 6 heteroatoms. The maximum Gasteiger partial charge on any atom is 0.191 e. The van der Waals surface area contributed by atoms with Gasteiger partial charge in [-0.15, -0.1) is 0 Å². The van der Waals surface area contributed by atoms with Gasteiger partial charge < -0.3 is 25.2 Å². The van der Waals surface area contributed by atoms with Crippen LogP contribution >= 0.6 is 0 Å². The van der Waals surface area contributed by atoms with Gasteiger partial charge in [0.05, 0.1) is 13.2 Å². The number of guanidine groups is 1. The Morgan fingerprint density at radius 3 is 2.33 bits per heavy atom. The maximum atomic E-state index is 5.27. The molecule has 0 aromatic heterocycles. The number of aliphatic imine (C=N–C) groups is 1. The molecule has 0 aliphatic carbocycles. The molecule has 1 aromatic carbocycles. The van der Waals surface area contributed by atoms with Crippen molar-refractivity contribution in [2.45, 2.75) is 44.8 Å². The number of nitrogens with one attached hydrogen (secondary N) is 2. The molecule has 6 nitrogen and oxygen atoms in total. The molecule has 1 atom stereocenters. The molecular weight excluding hydrogens is 338 g/mol. The summed E-state index contributed by atoms with van der Waals surface area (Å²) in [6.45, 7) is 7.64. The summed E-state index contributed by atoms with van der Waals surface area (Å²) in [5.74, 6) is 1.77. The smallest absolute Gasteiger partial charge is 0.191 e. The summed E-state index contributed by atoms with van der Waals surface area (Å²) in [7, 11) is 7.75. The molecule has 1 saturated heterocycles. The Bertz CT molecular complexity index is 577. The monoisotopic (exact) mass is 375 g/mol. The van der Waals surface area contributed by atoms with Crippen LogP contribution in [0.2, 0.25) is 0 Å². The van der Waals surface area contributed by atoms with Gasteiger partial charge in [0.15, 0.2) is 5.96 Å². The lowest BCUT2D eigenvalue weighted by atomic mass is 10.0. The van der Waals surface area contributed by atoms with E-state index in [1.165, 1.54) is 5.56 Å². The number of hydrogen-bond donors (Lipinski definition) is 2. The highest BCUT2D eigenvalue weighted by Crippen LogP contribution is 2.20. The van der Waals surface area contributed by atoms with Gasteiger partial charge in [-0.3, -0.25) is 4.99 Å². The molecule has 0 bridgehead atoms. The molecule has 0 spiro atoms. The Hall–Kier alpha value is -1.79. The number of benzene rings is 1. The molecule has 27 heavy (non-hydrogen) atoms. The Morgan fingerprint density at radius 1 is 1.22 bits per heavy atom. The summed E-state index contributed by atoms with van der Waals surface area (Å²) >= 11 is 0. The van der Waals surface area contributed by atoms with Crippen LogP contribution in [0.4, 0.5) is 0 Å². The zero-order valence-electron chi connectivity index (χ0n) is 17.8. The van der Waals surface area contributed by atoms with Crippen LogP contribution in [-0.4, -0.2) is 75.7 Å². The van der Waals surface area contributed by atoms with Crippen LogP contribution in [0.25, 0.3) is 0 Å². The van der Waals surface area contributed by atoms with Crippen LogP contribution in [0.15, 0.2) is 29.3 Å². The molecule has 1 aromatic rings. The van der Waals surface area contributed by atoms with Gasteiger partial charge in [0.1, 0.15) is 5.75 Å². The SMILES string of the molecule is CN=C(NCC(c1ccc(OC)cc1)N(C)C)NC1CCN(C(C)C)CC1. The molecule has 1 aliphatic rings. The molecule has 1 fully saturated rings. The number of ether oxygens (including phenoxy) is 1. The first-order valence-corrected chi connectivity index (χ1v) is 9.96. The van der Waals surface area contributed by atoms with Crippen molar-refractivity contribution in [1.29, 1.82) is 0 Å². The van der Waals surface area contributed by atoms with Crippen molar-refractivity contribution in [3.8, 4) is 5.75 Å². The first-order chi connectivity index (χ1) is 12.9. The lowest BCUT2D eigenvalue weighted by Crippen LogP contribution is -2.50. The van der Waals surface area contributed by atoms with Gasteiger partial charge in [0, 0.05) is 38.8 Å². The number of piperidine rings is 1. The molecule has 0 amide bonds. The number of methoxy groups -OCH3 is 1. The highest BCUT2D eigenvalue weighted by atomic mass is 16.5. The Morgan fingerprint density at radius 2 is 1.85 bits per heavy atom. The quantitative estimate of drug-likeness (QED) is 0.566. The van der Waals surface area contributed by atoms with Gasteiger partial charge in [-0.05, 0) is 58.5 Å². The van der Waals surface area contributed by atoms with Gasteiger partial charge in [-0.2, -0.15) is 0 Å². The fraction of sp³-hybridized carbons (Fsp3) is 0.667. The highest BCUT2D eigenvalue weighted by Gasteiger charge is 2.22. The van der Waals surface area contributed by atoms with Crippen molar-refractivity contribution in [1.82, 2.24) is 20.4 Å². The molecule has 1 unspecified atom stereocenters. The summed E-state index contributed by atoms with van der Waals surface area (Å²) in [6, 6.07) is 9.67. The zero-order valence-corrected chi connectivity index (χ0v) is 17.8. The minimum Gasteiger partial charge on any atom is -0.497 e. The van der Waals surface area contributed by atoms with E-state index in [2.05, 4.69) is 65.5 Å². The Labute approximate surface area is 165 Å². The van der Waals surface area contributed by atoms with Crippen LogP contribution in [0, 0.1) is 0 Å². The van der Waals surface area contributed by atoms with Crippen molar-refractivity contribution in [2.24, 2.45) is 4.99 Å². The fourth-order valence-corrected chi connectivity index (χ4v) is 3.57. The van der Waals surface area contributed by atoms with Crippen molar-refractivity contribution in [3.63, 3.8) is 0 Å². The second-order valence-corrected chi connectivity index (χ2v) is 7.75. The maximum absolute atomic E-state index is 5.27. The van der Waals surface area contributed by atoms with Gasteiger partial charge in [0.2, 0.25) is 0 Å². The Balaban J connectivity index is 1.89. The van der Waals surface area contributed by atoms with Crippen LogP contribution in [0.3, 0.4) is 0 Å². The lowest BCUT2D eigenvalue weighted by molar-refractivity contribution is 0.167. The van der Waals surface area contributed by atoms with Gasteiger partial charge in [-0.25, -0.2) is 0 Å². The second-order valence-electron chi connectivity index (χ2n) is 7.75. The zero-order chi connectivity index (χ0) is 19.8. The van der Waals surface area contributed by atoms with E-state index < -0.39 is 0 Å². The average molecular weight is 376 g/mol. The number of likely N-dealkylation sites (tertiary alicyclic amines) is 1. The topological polar surface area (TPSA) is 52.1 Å². The van der Waals surface area contributed by atoms with E-state index in [1.807, 2.05) is 19.2 Å². The number of hydrogen-bond acceptors (Lipinski definition) is 4. The van der Waals surface area contributed by atoms with E-state index in [-0.39, 0.29) is 6.04 Å². The molecular formula is C21H37N5O. The van der Waals surface area contributed by atoms with E-state index in [4.69, 9.17) is 4.74 Å². The van der Waals surface area contributed by atoms with Crippen LogP contribution in [-0.2, 0) is 0 Å². The van der Waals surface area contributed by atoms with E-state index in [9.17, 15) is 0 Å². The van der Waals surface area contributed by atoms with Crippen molar-refractivity contribution < 1.29 is 4.74 Å². The van der Waals surface area contributed by atoms with E-state index in [0.29, 0.717) is 12.1 Å². The van der Waals surface area contributed by atoms with E-state index >= 15 is 0 Å². The number of nitrogens with zero attached hydrogens (tertiary/aromatic N) is 3. The van der Waals surface area contributed by atoms with Crippen LogP contribution in [0.1, 0.15) is 38.3 Å². The summed E-state index contributed by atoms with van der Waals surface area (Å²) < 4.78 is 5.27. The minimum atomic E-state index is 0.261. The third kappa shape index (κ3) is 6.40. The van der Waals surface area contributed by atoms with Crippen molar-refractivity contribution >= 4 is 5.96 Å². The fourth-order valence-electron chi connectivity index (χ4n) is 3.57.